The summed E-state index contributed by atoms with van der Waals surface area (Å²) in [7, 11) is 0. The van der Waals surface area contributed by atoms with Gasteiger partial charge in [-0.15, -0.1) is 0 Å². The van der Waals surface area contributed by atoms with Gasteiger partial charge in [-0.25, -0.2) is 4.39 Å². The van der Waals surface area contributed by atoms with Gasteiger partial charge in [0.1, 0.15) is 5.82 Å². The van der Waals surface area contributed by atoms with E-state index >= 15 is 0 Å². The first kappa shape index (κ1) is 12.5. The molecule has 0 radical (unpaired) electrons. The smallest absolute Gasteiger partial charge is 0.126 e. The van der Waals surface area contributed by atoms with Gasteiger partial charge in [-0.3, -0.25) is 4.90 Å². The van der Waals surface area contributed by atoms with Crippen molar-refractivity contribution < 1.29 is 4.39 Å². The molecule has 17 heavy (non-hydrogen) atoms. The number of halogens is 1. The molecule has 1 aromatic carbocycles. The van der Waals surface area contributed by atoms with E-state index in [1.54, 1.807) is 13.0 Å². The number of benzene rings is 1. The molecular formula is C14H21FN2. The Hall–Kier alpha value is -0.930. The third kappa shape index (κ3) is 2.85. The van der Waals surface area contributed by atoms with Crippen LogP contribution in [0.3, 0.4) is 0 Å². The van der Waals surface area contributed by atoms with Gasteiger partial charge in [-0.2, -0.15) is 0 Å². The average Bonchev–Trinajstić information content (AvgIpc) is 2.33. The molecule has 0 bridgehead atoms. The maximum atomic E-state index is 13.5. The predicted molar refractivity (Wildman–Crippen MR) is 68.3 cm³/mol. The first-order valence-electron chi connectivity index (χ1n) is 6.33. The van der Waals surface area contributed by atoms with Gasteiger partial charge in [0, 0.05) is 25.2 Å². The summed E-state index contributed by atoms with van der Waals surface area (Å²) in [6.07, 6.45) is 2.08. The van der Waals surface area contributed by atoms with Crippen LogP contribution in [0, 0.1) is 12.7 Å². The van der Waals surface area contributed by atoms with E-state index in [-0.39, 0.29) is 11.9 Å². The molecule has 1 atom stereocenters. The van der Waals surface area contributed by atoms with Gasteiger partial charge in [0.25, 0.3) is 0 Å². The molecule has 0 aromatic heterocycles. The van der Waals surface area contributed by atoms with Gasteiger partial charge < -0.3 is 5.73 Å². The number of piperidine rings is 1. The molecule has 0 amide bonds. The monoisotopic (exact) mass is 236 g/mol. The lowest BCUT2D eigenvalue weighted by Gasteiger charge is -2.35. The van der Waals surface area contributed by atoms with Crippen molar-refractivity contribution in [1.29, 1.82) is 0 Å². The van der Waals surface area contributed by atoms with Crippen LogP contribution in [0.5, 0.6) is 0 Å². The fourth-order valence-electron chi connectivity index (χ4n) is 2.39. The van der Waals surface area contributed by atoms with Crippen LogP contribution in [0.4, 0.5) is 4.39 Å². The van der Waals surface area contributed by atoms with Crippen LogP contribution in [-0.4, -0.2) is 24.0 Å². The van der Waals surface area contributed by atoms with Crippen molar-refractivity contribution >= 4 is 0 Å². The van der Waals surface area contributed by atoms with Gasteiger partial charge in [0.15, 0.2) is 0 Å². The second-order valence-electron chi connectivity index (χ2n) is 5.06. The van der Waals surface area contributed by atoms with Crippen LogP contribution in [0.15, 0.2) is 18.2 Å². The number of rotatable bonds is 2. The quantitative estimate of drug-likeness (QED) is 0.855. The average molecular weight is 236 g/mol. The minimum Gasteiger partial charge on any atom is -0.328 e. The normalized spacial score (nSPS) is 20.5. The van der Waals surface area contributed by atoms with E-state index in [1.165, 1.54) is 0 Å². The van der Waals surface area contributed by atoms with E-state index in [2.05, 4.69) is 11.8 Å². The lowest BCUT2D eigenvalue weighted by molar-refractivity contribution is 0.163. The summed E-state index contributed by atoms with van der Waals surface area (Å²) in [5, 5.41) is 0. The molecule has 1 aliphatic heterocycles. The summed E-state index contributed by atoms with van der Waals surface area (Å²) in [6.45, 7) is 5.96. The maximum absolute atomic E-state index is 13.5. The van der Waals surface area contributed by atoms with E-state index in [4.69, 9.17) is 5.73 Å². The lowest BCUT2D eigenvalue weighted by atomic mass is 10.00. The highest BCUT2D eigenvalue weighted by molar-refractivity contribution is 5.25. The first-order chi connectivity index (χ1) is 8.08. The van der Waals surface area contributed by atoms with E-state index in [0.717, 1.165) is 31.5 Å². The molecule has 2 N–H and O–H groups in total. The van der Waals surface area contributed by atoms with Crippen molar-refractivity contribution in [2.45, 2.75) is 38.8 Å². The topological polar surface area (TPSA) is 29.3 Å². The molecule has 1 aromatic rings. The van der Waals surface area contributed by atoms with Crippen LogP contribution in [0.2, 0.25) is 0 Å². The third-order valence-electron chi connectivity index (χ3n) is 3.80. The minimum atomic E-state index is -0.108. The number of hydrogen-bond acceptors (Lipinski definition) is 2. The molecule has 2 rings (SSSR count). The third-order valence-corrected chi connectivity index (χ3v) is 3.80. The zero-order chi connectivity index (χ0) is 12.4. The largest absolute Gasteiger partial charge is 0.328 e. The van der Waals surface area contributed by atoms with Crippen molar-refractivity contribution in [3.63, 3.8) is 0 Å². The van der Waals surface area contributed by atoms with Crippen molar-refractivity contribution in [3.05, 3.63) is 35.1 Å². The van der Waals surface area contributed by atoms with E-state index in [1.807, 2.05) is 12.1 Å². The standard InChI is InChI=1S/C14H21FN2/c1-10-3-4-12(9-14(10)15)11(2)17-7-5-13(16)6-8-17/h3-4,9,11,13H,5-8,16H2,1-2H3. The molecule has 1 aliphatic rings. The van der Waals surface area contributed by atoms with Crippen LogP contribution >= 0.6 is 0 Å². The molecule has 0 aliphatic carbocycles. The van der Waals surface area contributed by atoms with Gasteiger partial charge >= 0.3 is 0 Å². The summed E-state index contributed by atoms with van der Waals surface area (Å²) in [5.41, 5.74) is 7.66. The van der Waals surface area contributed by atoms with Gasteiger partial charge in [0.2, 0.25) is 0 Å². The Kier molecular flexibility index (Phi) is 3.79. The fourth-order valence-corrected chi connectivity index (χ4v) is 2.39. The number of nitrogens with two attached hydrogens (primary N) is 1. The maximum Gasteiger partial charge on any atom is 0.126 e. The van der Waals surface area contributed by atoms with Gasteiger partial charge in [0.05, 0.1) is 0 Å². The summed E-state index contributed by atoms with van der Waals surface area (Å²) >= 11 is 0. The van der Waals surface area contributed by atoms with Crippen molar-refractivity contribution in [2.24, 2.45) is 5.73 Å². The summed E-state index contributed by atoms with van der Waals surface area (Å²) in [4.78, 5) is 2.38. The Morgan fingerprint density at radius 2 is 2.00 bits per heavy atom. The van der Waals surface area contributed by atoms with Gasteiger partial charge in [-0.1, -0.05) is 12.1 Å². The van der Waals surface area contributed by atoms with E-state index in [9.17, 15) is 4.39 Å². The van der Waals surface area contributed by atoms with Crippen molar-refractivity contribution in [3.8, 4) is 0 Å². The first-order valence-corrected chi connectivity index (χ1v) is 6.33. The second kappa shape index (κ2) is 5.15. The fraction of sp³-hybridized carbons (Fsp3) is 0.571. The Bertz CT molecular complexity index is 384. The van der Waals surface area contributed by atoms with Crippen LogP contribution in [0.1, 0.15) is 36.9 Å². The van der Waals surface area contributed by atoms with E-state index in [0.29, 0.717) is 11.6 Å². The minimum absolute atomic E-state index is 0.108. The van der Waals surface area contributed by atoms with Crippen molar-refractivity contribution in [2.75, 3.05) is 13.1 Å². The molecule has 1 fully saturated rings. The van der Waals surface area contributed by atoms with Crippen LogP contribution in [0.25, 0.3) is 0 Å². The number of aryl methyl sites for hydroxylation is 1. The summed E-state index contributed by atoms with van der Waals surface area (Å²) < 4.78 is 13.5. The van der Waals surface area contributed by atoms with Crippen molar-refractivity contribution in [1.82, 2.24) is 4.90 Å². The van der Waals surface area contributed by atoms with Crippen LogP contribution < -0.4 is 5.73 Å². The molecule has 1 heterocycles. The lowest BCUT2D eigenvalue weighted by Crippen LogP contribution is -2.40. The zero-order valence-electron chi connectivity index (χ0n) is 10.6. The zero-order valence-corrected chi connectivity index (χ0v) is 10.6. The highest BCUT2D eigenvalue weighted by Crippen LogP contribution is 2.25. The van der Waals surface area contributed by atoms with Crippen LogP contribution in [-0.2, 0) is 0 Å². The Morgan fingerprint density at radius 3 is 2.59 bits per heavy atom. The Morgan fingerprint density at radius 1 is 1.35 bits per heavy atom. The molecule has 2 nitrogen and oxygen atoms in total. The SMILES string of the molecule is Cc1ccc(C(C)N2CCC(N)CC2)cc1F. The Labute approximate surface area is 103 Å². The predicted octanol–water partition coefficient (Wildman–Crippen LogP) is 2.62. The van der Waals surface area contributed by atoms with E-state index < -0.39 is 0 Å². The highest BCUT2D eigenvalue weighted by Gasteiger charge is 2.21. The highest BCUT2D eigenvalue weighted by atomic mass is 19.1. The molecule has 94 valence electrons. The molecule has 1 unspecified atom stereocenters. The second-order valence-corrected chi connectivity index (χ2v) is 5.06. The summed E-state index contributed by atoms with van der Waals surface area (Å²) in [6, 6.07) is 6.16. The molecule has 1 saturated heterocycles. The number of nitrogens with zero attached hydrogens (tertiary/aromatic N) is 1. The number of hydrogen-bond donors (Lipinski definition) is 1. The molecule has 0 saturated carbocycles. The molecule has 0 spiro atoms. The molecular weight excluding hydrogens is 215 g/mol. The Balaban J connectivity index is 2.08. The number of likely N-dealkylation sites (tertiary alicyclic amines) is 1. The summed E-state index contributed by atoms with van der Waals surface area (Å²) in [5.74, 6) is -0.108. The van der Waals surface area contributed by atoms with Gasteiger partial charge in [-0.05, 0) is 43.9 Å². The molecule has 3 heteroatoms.